The normalized spacial score (nSPS) is 26.8. The van der Waals surface area contributed by atoms with Gasteiger partial charge in [0.1, 0.15) is 5.60 Å². The molecule has 0 bridgehead atoms. The zero-order valence-electron chi connectivity index (χ0n) is 14.2. The van der Waals surface area contributed by atoms with Crippen molar-refractivity contribution in [2.75, 3.05) is 12.8 Å². The monoisotopic (exact) mass is 418 g/mol. The predicted octanol–water partition coefficient (Wildman–Crippen LogP) is 2.18. The second kappa shape index (κ2) is 6.31. The van der Waals surface area contributed by atoms with Crippen LogP contribution in [0.4, 0.5) is 4.79 Å². The number of carbonyl (C=O) groups excluding carboxylic acids is 1. The molecule has 0 radical (unpaired) electrons. The molecule has 1 amide bonds. The van der Waals surface area contributed by atoms with E-state index in [9.17, 15) is 13.2 Å². The summed E-state index contributed by atoms with van der Waals surface area (Å²) in [7, 11) is -3.41. The fourth-order valence-corrected chi connectivity index (χ4v) is 5.26. The van der Waals surface area contributed by atoms with Crippen molar-refractivity contribution < 1.29 is 17.9 Å². The minimum atomic E-state index is -3.41. The summed E-state index contributed by atoms with van der Waals surface area (Å²) in [5, 5.41) is 1.94. The maximum atomic E-state index is 12.2. The number of halogens is 1. The maximum Gasteiger partial charge on any atom is 0.408 e. The average molecular weight is 419 g/mol. The average Bonchev–Trinajstić information content (AvgIpc) is 3.06. The Morgan fingerprint density at radius 1 is 1.33 bits per heavy atom. The number of benzene rings is 1. The third kappa shape index (κ3) is 3.92. The van der Waals surface area contributed by atoms with Gasteiger partial charge < -0.3 is 15.8 Å². The van der Waals surface area contributed by atoms with Crippen LogP contribution in [0.5, 0.6) is 0 Å². The van der Waals surface area contributed by atoms with Crippen LogP contribution in [0.15, 0.2) is 28.7 Å². The zero-order valence-corrected chi connectivity index (χ0v) is 16.6. The fraction of sp³-hybridized carbons (Fsp3) is 0.562. The van der Waals surface area contributed by atoms with E-state index >= 15 is 0 Å². The Balaban J connectivity index is 2.34. The van der Waals surface area contributed by atoms with Gasteiger partial charge in [0.15, 0.2) is 9.84 Å². The van der Waals surface area contributed by atoms with Crippen molar-refractivity contribution in [2.45, 2.75) is 43.1 Å². The van der Waals surface area contributed by atoms with Crippen molar-refractivity contribution in [1.29, 1.82) is 0 Å². The summed E-state index contributed by atoms with van der Waals surface area (Å²) >= 11 is 3.36. The van der Waals surface area contributed by atoms with E-state index in [4.69, 9.17) is 10.5 Å². The number of carbonyl (C=O) groups is 1. The molecule has 1 saturated carbocycles. The van der Waals surface area contributed by atoms with Crippen LogP contribution in [-0.2, 0) is 14.6 Å². The summed E-state index contributed by atoms with van der Waals surface area (Å²) in [5.41, 5.74) is 4.97. The second-order valence-corrected chi connectivity index (χ2v) is 10.2. The lowest BCUT2D eigenvalue weighted by atomic mass is 10.1. The van der Waals surface area contributed by atoms with Gasteiger partial charge in [-0.2, -0.15) is 0 Å². The summed E-state index contributed by atoms with van der Waals surface area (Å²) in [4.78, 5) is 12.2. The van der Waals surface area contributed by atoms with Crippen LogP contribution in [0.3, 0.4) is 0 Å². The van der Waals surface area contributed by atoms with Gasteiger partial charge in [-0.25, -0.2) is 13.2 Å². The SMILES string of the molecule is CC(C)(C)OC(=O)N[C@]1(CN)[C@H](c2ccc(Br)cc2)[C@H]1S(C)(=O)=O. The molecule has 134 valence electrons. The van der Waals surface area contributed by atoms with Gasteiger partial charge in [-0.15, -0.1) is 0 Å². The quantitative estimate of drug-likeness (QED) is 0.780. The first-order valence-corrected chi connectivity index (χ1v) is 10.3. The van der Waals surface area contributed by atoms with Crippen LogP contribution in [0, 0.1) is 0 Å². The Labute approximate surface area is 151 Å². The van der Waals surface area contributed by atoms with Crippen molar-refractivity contribution in [2.24, 2.45) is 5.73 Å². The number of alkyl carbamates (subject to hydrolysis) is 1. The van der Waals surface area contributed by atoms with E-state index in [1.165, 1.54) is 0 Å². The summed E-state index contributed by atoms with van der Waals surface area (Å²) in [5.74, 6) is -0.405. The van der Waals surface area contributed by atoms with Crippen molar-refractivity contribution in [1.82, 2.24) is 5.32 Å². The third-order valence-electron chi connectivity index (χ3n) is 4.02. The lowest BCUT2D eigenvalue weighted by molar-refractivity contribution is 0.0497. The molecular weight excluding hydrogens is 396 g/mol. The molecular formula is C16H23BrN2O4S. The van der Waals surface area contributed by atoms with Crippen molar-refractivity contribution >= 4 is 31.9 Å². The zero-order chi connectivity index (χ0) is 18.3. The van der Waals surface area contributed by atoms with E-state index in [-0.39, 0.29) is 6.54 Å². The topological polar surface area (TPSA) is 98.5 Å². The van der Waals surface area contributed by atoms with Gasteiger partial charge in [0.25, 0.3) is 0 Å². The molecule has 1 aliphatic carbocycles. The van der Waals surface area contributed by atoms with E-state index in [1.54, 1.807) is 20.8 Å². The highest BCUT2D eigenvalue weighted by Gasteiger charge is 2.70. The molecule has 0 aromatic heterocycles. The van der Waals surface area contributed by atoms with Crippen LogP contribution in [0.1, 0.15) is 32.3 Å². The highest BCUT2D eigenvalue weighted by Crippen LogP contribution is 2.55. The van der Waals surface area contributed by atoms with Crippen LogP contribution in [-0.4, -0.2) is 43.7 Å². The third-order valence-corrected chi connectivity index (χ3v) is 6.16. The Hall–Kier alpha value is -1.12. The molecule has 0 spiro atoms. The van der Waals surface area contributed by atoms with Gasteiger partial charge in [-0.1, -0.05) is 28.1 Å². The van der Waals surface area contributed by atoms with Crippen LogP contribution < -0.4 is 11.1 Å². The van der Waals surface area contributed by atoms with Crippen LogP contribution in [0.25, 0.3) is 0 Å². The summed E-state index contributed by atoms with van der Waals surface area (Å²) < 4.78 is 30.6. The molecule has 1 aromatic rings. The van der Waals surface area contributed by atoms with Gasteiger partial charge in [0, 0.05) is 23.2 Å². The molecule has 0 aliphatic heterocycles. The van der Waals surface area contributed by atoms with Crippen molar-refractivity contribution in [3.8, 4) is 0 Å². The molecule has 2 rings (SSSR count). The van der Waals surface area contributed by atoms with Gasteiger partial charge in [-0.3, -0.25) is 0 Å². The standard InChI is InChI=1S/C16H23BrN2O4S/c1-15(2,3)23-14(20)19-16(9-18)12(13(16)24(4,21)22)10-5-7-11(17)8-6-10/h5-8,12-13H,9,18H2,1-4H3,(H,19,20)/t12-,13-,16-/m1/s1. The number of ether oxygens (including phenoxy) is 1. The van der Waals surface area contributed by atoms with Gasteiger partial charge in [0.05, 0.1) is 10.8 Å². The number of amides is 1. The summed E-state index contributed by atoms with van der Waals surface area (Å²) in [6, 6.07) is 7.34. The number of nitrogens with two attached hydrogens (primary N) is 1. The molecule has 0 saturated heterocycles. The predicted molar refractivity (Wildman–Crippen MR) is 96.7 cm³/mol. The molecule has 1 fully saturated rings. The Morgan fingerprint density at radius 3 is 2.29 bits per heavy atom. The largest absolute Gasteiger partial charge is 0.444 e. The molecule has 24 heavy (non-hydrogen) atoms. The lowest BCUT2D eigenvalue weighted by Gasteiger charge is -2.24. The number of hydrogen-bond acceptors (Lipinski definition) is 5. The van der Waals surface area contributed by atoms with Crippen LogP contribution >= 0.6 is 15.9 Å². The maximum absolute atomic E-state index is 12.2. The van der Waals surface area contributed by atoms with E-state index in [0.717, 1.165) is 16.3 Å². The molecule has 8 heteroatoms. The van der Waals surface area contributed by atoms with Crippen molar-refractivity contribution in [3.63, 3.8) is 0 Å². The Kier molecular flexibility index (Phi) is 5.05. The van der Waals surface area contributed by atoms with Gasteiger partial charge in [0.2, 0.25) is 0 Å². The van der Waals surface area contributed by atoms with Crippen molar-refractivity contribution in [3.05, 3.63) is 34.3 Å². The fourth-order valence-electron chi connectivity index (χ4n) is 3.11. The smallest absolute Gasteiger partial charge is 0.408 e. The minimum absolute atomic E-state index is 0.00467. The van der Waals surface area contributed by atoms with E-state index < -0.39 is 38.2 Å². The van der Waals surface area contributed by atoms with Crippen LogP contribution in [0.2, 0.25) is 0 Å². The van der Waals surface area contributed by atoms with E-state index in [2.05, 4.69) is 21.2 Å². The first-order chi connectivity index (χ1) is 10.9. The molecule has 1 aliphatic rings. The first-order valence-electron chi connectivity index (χ1n) is 7.56. The summed E-state index contributed by atoms with van der Waals surface area (Å²) in [6.45, 7) is 5.24. The molecule has 6 nitrogen and oxygen atoms in total. The van der Waals surface area contributed by atoms with E-state index in [1.807, 2.05) is 24.3 Å². The lowest BCUT2D eigenvalue weighted by Crippen LogP contribution is -2.48. The number of hydrogen-bond donors (Lipinski definition) is 2. The number of rotatable bonds is 4. The molecule has 3 atom stereocenters. The molecule has 3 N–H and O–H groups in total. The first kappa shape index (κ1) is 19.2. The number of sulfone groups is 1. The number of nitrogens with one attached hydrogen (secondary N) is 1. The second-order valence-electron chi connectivity index (χ2n) is 7.15. The Morgan fingerprint density at radius 2 is 1.88 bits per heavy atom. The van der Waals surface area contributed by atoms with Gasteiger partial charge in [-0.05, 0) is 38.5 Å². The minimum Gasteiger partial charge on any atom is -0.444 e. The highest BCUT2D eigenvalue weighted by molar-refractivity contribution is 9.10. The molecule has 0 unspecified atom stereocenters. The molecule has 0 heterocycles. The van der Waals surface area contributed by atoms with Gasteiger partial charge >= 0.3 is 6.09 Å². The highest BCUT2D eigenvalue weighted by atomic mass is 79.9. The Bertz CT molecular complexity index is 727. The molecule has 1 aromatic carbocycles. The van der Waals surface area contributed by atoms with E-state index in [0.29, 0.717) is 0 Å². The summed E-state index contributed by atoms with van der Waals surface area (Å²) in [6.07, 6.45) is 0.499.